The molecule has 114 valence electrons. The fraction of sp³-hybridized carbons (Fsp3) is 0.692. The average molecular weight is 318 g/mol. The Balaban J connectivity index is 2.15. The number of hydrogen-bond donors (Lipinski definition) is 2. The van der Waals surface area contributed by atoms with E-state index in [4.69, 9.17) is 0 Å². The molecule has 0 radical (unpaired) electrons. The lowest BCUT2D eigenvalue weighted by Crippen LogP contribution is -2.37. The van der Waals surface area contributed by atoms with Crippen molar-refractivity contribution in [3.05, 3.63) is 18.0 Å². The van der Waals surface area contributed by atoms with E-state index < -0.39 is 10.0 Å². The molecule has 0 aromatic carbocycles. The number of aliphatic hydroxyl groups excluding tert-OH is 1. The fourth-order valence-electron chi connectivity index (χ4n) is 2.36. The number of sulfonamides is 1. The largest absolute Gasteiger partial charge is 0.390 e. The molecular weight excluding hydrogens is 296 g/mol. The van der Waals surface area contributed by atoms with Crippen molar-refractivity contribution in [3.8, 4) is 0 Å². The van der Waals surface area contributed by atoms with Crippen LogP contribution in [-0.4, -0.2) is 35.6 Å². The van der Waals surface area contributed by atoms with Gasteiger partial charge in [0, 0.05) is 24.5 Å². The van der Waals surface area contributed by atoms with Crippen LogP contribution in [0.5, 0.6) is 0 Å². The molecule has 2 heterocycles. The predicted molar refractivity (Wildman–Crippen MR) is 81.3 cm³/mol. The first kappa shape index (κ1) is 15.9. The maximum absolute atomic E-state index is 12.4. The molecule has 7 heteroatoms. The summed E-state index contributed by atoms with van der Waals surface area (Å²) in [5, 5.41) is 9.31. The van der Waals surface area contributed by atoms with Gasteiger partial charge in [-0.3, -0.25) is 0 Å². The number of aliphatic hydroxyl groups is 1. The van der Waals surface area contributed by atoms with Crippen LogP contribution in [0.4, 0.5) is 0 Å². The Hall–Kier alpha value is -0.500. The fourth-order valence-corrected chi connectivity index (χ4v) is 4.83. The second kappa shape index (κ2) is 6.98. The summed E-state index contributed by atoms with van der Waals surface area (Å²) in [6.07, 6.45) is 4.28. The van der Waals surface area contributed by atoms with Crippen LogP contribution in [0.25, 0.3) is 0 Å². The molecule has 5 nitrogen and oxygen atoms in total. The van der Waals surface area contributed by atoms with Crippen LogP contribution < -0.4 is 4.72 Å². The first-order chi connectivity index (χ1) is 9.56. The van der Waals surface area contributed by atoms with Gasteiger partial charge in [-0.25, -0.2) is 13.1 Å². The van der Waals surface area contributed by atoms with Crippen molar-refractivity contribution < 1.29 is 13.5 Å². The van der Waals surface area contributed by atoms with Crippen molar-refractivity contribution in [3.63, 3.8) is 0 Å². The number of aryl methyl sites for hydroxylation is 1. The highest BCUT2D eigenvalue weighted by atomic mass is 32.2. The van der Waals surface area contributed by atoms with Crippen LogP contribution in [-0.2, 0) is 23.2 Å². The zero-order valence-electron chi connectivity index (χ0n) is 11.7. The predicted octanol–water partition coefficient (Wildman–Crippen LogP) is 1.56. The van der Waals surface area contributed by atoms with E-state index in [0.29, 0.717) is 12.2 Å². The minimum atomic E-state index is -3.48. The number of rotatable bonds is 6. The van der Waals surface area contributed by atoms with Crippen molar-refractivity contribution in [1.82, 2.24) is 9.29 Å². The summed E-state index contributed by atoms with van der Waals surface area (Å²) in [5.41, 5.74) is 0.645. The van der Waals surface area contributed by atoms with Gasteiger partial charge in [0.25, 0.3) is 0 Å². The van der Waals surface area contributed by atoms with Crippen molar-refractivity contribution in [2.24, 2.45) is 0 Å². The van der Waals surface area contributed by atoms with Gasteiger partial charge in [0.1, 0.15) is 0 Å². The van der Waals surface area contributed by atoms with E-state index in [0.717, 1.165) is 30.8 Å². The number of aromatic nitrogens is 1. The minimum Gasteiger partial charge on any atom is -0.390 e. The number of hydrogen-bond acceptors (Lipinski definition) is 4. The number of thioether (sulfide) groups is 1. The van der Waals surface area contributed by atoms with Crippen LogP contribution in [0.15, 0.2) is 17.2 Å². The van der Waals surface area contributed by atoms with E-state index in [1.54, 1.807) is 12.3 Å². The van der Waals surface area contributed by atoms with E-state index in [9.17, 15) is 13.5 Å². The molecule has 0 saturated carbocycles. The topological polar surface area (TPSA) is 71.3 Å². The maximum Gasteiger partial charge on any atom is 0.242 e. The summed E-state index contributed by atoms with van der Waals surface area (Å²) in [7, 11) is -3.48. The van der Waals surface area contributed by atoms with Crippen molar-refractivity contribution >= 4 is 21.8 Å². The Morgan fingerprint density at radius 3 is 2.75 bits per heavy atom. The minimum absolute atomic E-state index is 0.0355. The smallest absolute Gasteiger partial charge is 0.242 e. The van der Waals surface area contributed by atoms with Gasteiger partial charge in [0.2, 0.25) is 10.0 Å². The summed E-state index contributed by atoms with van der Waals surface area (Å²) in [5.74, 6) is 2.01. The third-order valence-electron chi connectivity index (χ3n) is 3.44. The third kappa shape index (κ3) is 3.78. The van der Waals surface area contributed by atoms with E-state index in [2.05, 4.69) is 4.72 Å². The normalized spacial score (nSPS) is 17.5. The lowest BCUT2D eigenvalue weighted by molar-refractivity contribution is 0.270. The van der Waals surface area contributed by atoms with Crippen LogP contribution in [0.2, 0.25) is 0 Å². The molecular formula is C13H22N2O3S2. The third-order valence-corrected chi connectivity index (χ3v) is 5.98. The monoisotopic (exact) mass is 318 g/mol. The molecule has 1 aromatic heterocycles. The van der Waals surface area contributed by atoms with Gasteiger partial charge >= 0.3 is 0 Å². The second-order valence-corrected chi connectivity index (χ2v) is 7.97. The second-order valence-electron chi connectivity index (χ2n) is 5.03. The van der Waals surface area contributed by atoms with Crippen molar-refractivity contribution in [2.75, 3.05) is 11.5 Å². The van der Waals surface area contributed by atoms with E-state index in [1.807, 2.05) is 23.3 Å². The quantitative estimate of drug-likeness (QED) is 0.835. The standard InChI is InChI=1S/C13H22N2O3S2/c1-2-5-15-9-13(8-12(15)10-16)20(17,18)14-11-3-6-19-7-4-11/h8-9,11,14,16H,2-7,10H2,1H3. The highest BCUT2D eigenvalue weighted by Crippen LogP contribution is 2.20. The summed E-state index contributed by atoms with van der Waals surface area (Å²) in [6.45, 7) is 2.59. The maximum atomic E-state index is 12.4. The molecule has 2 rings (SSSR count). The van der Waals surface area contributed by atoms with Gasteiger partial charge in [-0.1, -0.05) is 6.92 Å². The molecule has 0 aliphatic carbocycles. The first-order valence-electron chi connectivity index (χ1n) is 6.97. The van der Waals surface area contributed by atoms with Crippen molar-refractivity contribution in [1.29, 1.82) is 0 Å². The number of nitrogens with zero attached hydrogens (tertiary/aromatic N) is 1. The molecule has 0 atom stereocenters. The summed E-state index contributed by atoms with van der Waals surface area (Å²) >= 11 is 1.87. The van der Waals surface area contributed by atoms with Crippen molar-refractivity contribution in [2.45, 2.75) is 50.3 Å². The zero-order valence-corrected chi connectivity index (χ0v) is 13.3. The van der Waals surface area contributed by atoms with Gasteiger partial charge in [0.05, 0.1) is 11.5 Å². The van der Waals surface area contributed by atoms with Gasteiger partial charge in [-0.2, -0.15) is 11.8 Å². The summed E-state index contributed by atoms with van der Waals surface area (Å²) in [4.78, 5) is 0.258. The molecule has 0 spiro atoms. The van der Waals surface area contributed by atoms with Crippen LogP contribution in [0.3, 0.4) is 0 Å². The molecule has 1 aromatic rings. The highest BCUT2D eigenvalue weighted by Gasteiger charge is 2.23. The van der Waals surface area contributed by atoms with Gasteiger partial charge in [0.15, 0.2) is 0 Å². The molecule has 1 aliphatic heterocycles. The molecule has 1 fully saturated rings. The molecule has 0 bridgehead atoms. The van der Waals surface area contributed by atoms with E-state index in [-0.39, 0.29) is 17.5 Å². The van der Waals surface area contributed by atoms with E-state index >= 15 is 0 Å². The Labute approximate surface area is 124 Å². The van der Waals surface area contributed by atoms with Crippen LogP contribution in [0.1, 0.15) is 31.9 Å². The Bertz CT molecular complexity index is 534. The molecule has 1 aliphatic rings. The number of nitrogens with one attached hydrogen (secondary N) is 1. The van der Waals surface area contributed by atoms with E-state index in [1.165, 1.54) is 0 Å². The average Bonchev–Trinajstić information content (AvgIpc) is 2.84. The first-order valence-corrected chi connectivity index (χ1v) is 9.60. The Morgan fingerprint density at radius 2 is 2.15 bits per heavy atom. The van der Waals surface area contributed by atoms with Gasteiger partial charge < -0.3 is 9.67 Å². The van der Waals surface area contributed by atoms with Crippen LogP contribution >= 0.6 is 11.8 Å². The zero-order chi connectivity index (χ0) is 14.6. The molecule has 20 heavy (non-hydrogen) atoms. The lowest BCUT2D eigenvalue weighted by Gasteiger charge is -2.21. The molecule has 2 N–H and O–H groups in total. The summed E-state index contributed by atoms with van der Waals surface area (Å²) < 4.78 is 29.3. The highest BCUT2D eigenvalue weighted by molar-refractivity contribution is 7.99. The molecule has 1 saturated heterocycles. The van der Waals surface area contributed by atoms with Crippen LogP contribution in [0, 0.1) is 0 Å². The van der Waals surface area contributed by atoms with Gasteiger partial charge in [-0.15, -0.1) is 0 Å². The molecule has 0 amide bonds. The SMILES string of the molecule is CCCn1cc(S(=O)(=O)NC2CCSCC2)cc1CO. The Morgan fingerprint density at radius 1 is 1.45 bits per heavy atom. The molecule has 0 unspecified atom stereocenters. The Kier molecular flexibility index (Phi) is 5.54. The van der Waals surface area contributed by atoms with Gasteiger partial charge in [-0.05, 0) is 36.8 Å². The summed E-state index contributed by atoms with van der Waals surface area (Å²) in [6, 6.07) is 1.60. The lowest BCUT2D eigenvalue weighted by atomic mass is 10.2.